The molecule has 0 spiro atoms. The summed E-state index contributed by atoms with van der Waals surface area (Å²) in [6.45, 7) is 1.94. The van der Waals surface area contributed by atoms with Gasteiger partial charge in [0.1, 0.15) is 5.75 Å². The molecule has 0 aliphatic rings. The Bertz CT molecular complexity index is 1400. The smallest absolute Gasteiger partial charge is 0.266 e. The van der Waals surface area contributed by atoms with Crippen LogP contribution in [0, 0.1) is 6.92 Å². The van der Waals surface area contributed by atoms with Gasteiger partial charge in [0.05, 0.1) is 35.7 Å². The van der Waals surface area contributed by atoms with E-state index < -0.39 is 0 Å². The SMILES string of the molecule is COc1ccccc1C=NNC(=O)CSc1nc2ccccc2c(=O)n1-c1ccccc1C. The van der Waals surface area contributed by atoms with E-state index in [1.165, 1.54) is 18.0 Å². The van der Waals surface area contributed by atoms with Crippen LogP contribution in [0.1, 0.15) is 11.1 Å². The van der Waals surface area contributed by atoms with E-state index >= 15 is 0 Å². The molecule has 166 valence electrons. The number of benzene rings is 3. The molecule has 0 bridgehead atoms. The third-order valence-electron chi connectivity index (χ3n) is 4.97. The summed E-state index contributed by atoms with van der Waals surface area (Å²) in [6, 6.07) is 22.2. The maximum atomic E-state index is 13.3. The van der Waals surface area contributed by atoms with Crippen LogP contribution < -0.4 is 15.7 Å². The molecule has 1 aromatic heterocycles. The minimum absolute atomic E-state index is 0.0416. The fourth-order valence-corrected chi connectivity index (χ4v) is 4.14. The molecule has 0 radical (unpaired) electrons. The van der Waals surface area contributed by atoms with E-state index in [1.807, 2.05) is 67.6 Å². The molecule has 7 nitrogen and oxygen atoms in total. The number of carbonyl (C=O) groups excluding carboxylic acids is 1. The van der Waals surface area contributed by atoms with Crippen LogP contribution in [0.4, 0.5) is 0 Å². The van der Waals surface area contributed by atoms with E-state index in [0.29, 0.717) is 21.8 Å². The Kier molecular flexibility index (Phi) is 6.85. The zero-order valence-corrected chi connectivity index (χ0v) is 19.0. The van der Waals surface area contributed by atoms with Crippen molar-refractivity contribution >= 4 is 34.8 Å². The van der Waals surface area contributed by atoms with Crippen LogP contribution in [0.5, 0.6) is 5.75 Å². The summed E-state index contributed by atoms with van der Waals surface area (Å²) >= 11 is 1.18. The van der Waals surface area contributed by atoms with Crippen LogP contribution in [0.25, 0.3) is 16.6 Å². The molecule has 0 atom stereocenters. The largest absolute Gasteiger partial charge is 0.496 e. The van der Waals surface area contributed by atoms with Gasteiger partial charge in [-0.25, -0.2) is 10.4 Å². The normalized spacial score (nSPS) is 11.1. The number of ether oxygens (including phenoxy) is 1. The number of aromatic nitrogens is 2. The van der Waals surface area contributed by atoms with Crippen molar-refractivity contribution in [1.29, 1.82) is 0 Å². The number of carbonyl (C=O) groups is 1. The van der Waals surface area contributed by atoms with Gasteiger partial charge in [0.15, 0.2) is 5.16 Å². The summed E-state index contributed by atoms with van der Waals surface area (Å²) < 4.78 is 6.83. The molecule has 1 amide bonds. The molecule has 0 fully saturated rings. The molecule has 0 aliphatic carbocycles. The first-order chi connectivity index (χ1) is 16.1. The summed E-state index contributed by atoms with van der Waals surface area (Å²) in [4.78, 5) is 30.4. The van der Waals surface area contributed by atoms with E-state index in [-0.39, 0.29) is 17.2 Å². The van der Waals surface area contributed by atoms with Crippen LogP contribution in [0.2, 0.25) is 0 Å². The lowest BCUT2D eigenvalue weighted by atomic mass is 10.2. The molecule has 0 aliphatic heterocycles. The molecule has 0 saturated heterocycles. The van der Waals surface area contributed by atoms with Gasteiger partial charge >= 0.3 is 0 Å². The van der Waals surface area contributed by atoms with Crippen LogP contribution in [0.15, 0.2) is 87.8 Å². The first-order valence-corrected chi connectivity index (χ1v) is 11.2. The van der Waals surface area contributed by atoms with Crippen LogP contribution in [-0.2, 0) is 4.79 Å². The number of nitrogens with one attached hydrogen (secondary N) is 1. The lowest BCUT2D eigenvalue weighted by Gasteiger charge is -2.14. The van der Waals surface area contributed by atoms with Crippen molar-refractivity contribution < 1.29 is 9.53 Å². The zero-order valence-electron chi connectivity index (χ0n) is 18.2. The number of nitrogens with zero attached hydrogens (tertiary/aromatic N) is 3. The van der Waals surface area contributed by atoms with Crippen molar-refractivity contribution in [3.63, 3.8) is 0 Å². The van der Waals surface area contributed by atoms with Crippen molar-refractivity contribution in [2.45, 2.75) is 12.1 Å². The summed E-state index contributed by atoms with van der Waals surface area (Å²) in [5.74, 6) is 0.386. The van der Waals surface area contributed by atoms with Crippen molar-refractivity contribution in [2.24, 2.45) is 5.10 Å². The van der Waals surface area contributed by atoms with Gasteiger partial charge in [-0.05, 0) is 42.8 Å². The number of para-hydroxylation sites is 3. The molecular formula is C25H22N4O3S. The standard InChI is InChI=1S/C25H22N4O3S/c1-17-9-3-7-13-21(17)29-24(31)19-11-5-6-12-20(19)27-25(29)33-16-23(30)28-26-15-18-10-4-8-14-22(18)32-2/h3-15H,16H2,1-2H3,(H,28,30). The molecule has 0 unspecified atom stereocenters. The van der Waals surface area contributed by atoms with Crippen LogP contribution in [-0.4, -0.2) is 34.5 Å². The number of rotatable bonds is 7. The van der Waals surface area contributed by atoms with Crippen molar-refractivity contribution in [2.75, 3.05) is 12.9 Å². The lowest BCUT2D eigenvalue weighted by Crippen LogP contribution is -2.24. The maximum Gasteiger partial charge on any atom is 0.266 e. The third kappa shape index (κ3) is 4.96. The van der Waals surface area contributed by atoms with Gasteiger partial charge in [-0.15, -0.1) is 0 Å². The molecule has 33 heavy (non-hydrogen) atoms. The number of amides is 1. The number of hydrazone groups is 1. The predicted octanol–water partition coefficient (Wildman–Crippen LogP) is 3.95. The second-order valence-electron chi connectivity index (χ2n) is 7.16. The van der Waals surface area contributed by atoms with Gasteiger partial charge in [-0.2, -0.15) is 5.10 Å². The highest BCUT2D eigenvalue weighted by atomic mass is 32.2. The Morgan fingerprint density at radius 3 is 2.64 bits per heavy atom. The van der Waals surface area contributed by atoms with Crippen LogP contribution >= 0.6 is 11.8 Å². The van der Waals surface area contributed by atoms with Gasteiger partial charge in [0.25, 0.3) is 11.5 Å². The van der Waals surface area contributed by atoms with E-state index in [9.17, 15) is 9.59 Å². The minimum Gasteiger partial charge on any atom is -0.496 e. The van der Waals surface area contributed by atoms with Gasteiger partial charge in [-0.3, -0.25) is 14.2 Å². The van der Waals surface area contributed by atoms with Gasteiger partial charge in [0.2, 0.25) is 0 Å². The lowest BCUT2D eigenvalue weighted by molar-refractivity contribution is -0.118. The average Bonchev–Trinajstić information content (AvgIpc) is 2.84. The summed E-state index contributed by atoms with van der Waals surface area (Å²) in [5, 5.41) is 4.98. The van der Waals surface area contributed by atoms with Crippen molar-refractivity contribution in [3.8, 4) is 11.4 Å². The van der Waals surface area contributed by atoms with Gasteiger partial charge in [-0.1, -0.05) is 54.2 Å². The molecular weight excluding hydrogens is 436 g/mol. The quantitative estimate of drug-likeness (QED) is 0.196. The van der Waals surface area contributed by atoms with Gasteiger partial charge in [0, 0.05) is 5.56 Å². The highest BCUT2D eigenvalue weighted by Gasteiger charge is 2.15. The van der Waals surface area contributed by atoms with Crippen LogP contribution in [0.3, 0.4) is 0 Å². The fourth-order valence-electron chi connectivity index (χ4n) is 3.35. The van der Waals surface area contributed by atoms with Crippen molar-refractivity contribution in [1.82, 2.24) is 15.0 Å². The minimum atomic E-state index is -0.315. The number of thioether (sulfide) groups is 1. The average molecular weight is 459 g/mol. The first kappa shape index (κ1) is 22.3. The Labute approximate surface area is 195 Å². The maximum absolute atomic E-state index is 13.3. The Morgan fingerprint density at radius 2 is 1.82 bits per heavy atom. The molecule has 4 aromatic rings. The third-order valence-corrected chi connectivity index (χ3v) is 5.90. The second kappa shape index (κ2) is 10.1. The van der Waals surface area contributed by atoms with E-state index in [2.05, 4.69) is 15.5 Å². The molecule has 1 heterocycles. The van der Waals surface area contributed by atoms with E-state index in [4.69, 9.17) is 4.74 Å². The second-order valence-corrected chi connectivity index (χ2v) is 8.10. The predicted molar refractivity (Wildman–Crippen MR) is 132 cm³/mol. The number of hydrogen-bond acceptors (Lipinski definition) is 6. The summed E-state index contributed by atoms with van der Waals surface area (Å²) in [7, 11) is 1.58. The first-order valence-electron chi connectivity index (χ1n) is 10.2. The molecule has 1 N–H and O–H groups in total. The highest BCUT2D eigenvalue weighted by Crippen LogP contribution is 2.23. The Morgan fingerprint density at radius 1 is 1.09 bits per heavy atom. The Balaban J connectivity index is 1.57. The van der Waals surface area contributed by atoms with Gasteiger partial charge < -0.3 is 4.74 Å². The topological polar surface area (TPSA) is 85.6 Å². The number of aryl methyl sites for hydroxylation is 1. The van der Waals surface area contributed by atoms with E-state index in [0.717, 1.165) is 16.8 Å². The Hall–Kier alpha value is -3.91. The number of fused-ring (bicyclic) bond motifs is 1. The number of methoxy groups -OCH3 is 1. The summed E-state index contributed by atoms with van der Waals surface area (Å²) in [6.07, 6.45) is 1.53. The monoisotopic (exact) mass is 458 g/mol. The molecule has 3 aromatic carbocycles. The number of hydrogen-bond donors (Lipinski definition) is 1. The van der Waals surface area contributed by atoms with Crippen molar-refractivity contribution in [3.05, 3.63) is 94.3 Å². The highest BCUT2D eigenvalue weighted by molar-refractivity contribution is 7.99. The summed E-state index contributed by atoms with van der Waals surface area (Å²) in [5.41, 5.74) is 5.34. The molecule has 8 heteroatoms. The van der Waals surface area contributed by atoms with E-state index in [1.54, 1.807) is 23.8 Å². The fraction of sp³-hybridized carbons (Fsp3) is 0.120. The molecule has 0 saturated carbocycles. The zero-order chi connectivity index (χ0) is 23.2. The molecule has 4 rings (SSSR count).